The molecule has 1 aliphatic rings. The summed E-state index contributed by atoms with van der Waals surface area (Å²) < 4.78 is 0. The minimum absolute atomic E-state index is 0.184. The van der Waals surface area contributed by atoms with E-state index < -0.39 is 5.97 Å². The maximum absolute atomic E-state index is 10.8. The highest BCUT2D eigenvalue weighted by molar-refractivity contribution is 5.75. The van der Waals surface area contributed by atoms with Crippen molar-refractivity contribution in [3.05, 3.63) is 71.3 Å². The molecular weight excluding hydrogens is 248 g/mol. The normalized spacial score (nSPS) is 19.8. The van der Waals surface area contributed by atoms with E-state index in [9.17, 15) is 4.79 Å². The highest BCUT2D eigenvalue weighted by Crippen LogP contribution is 2.47. The first-order valence-electron chi connectivity index (χ1n) is 6.64. The van der Waals surface area contributed by atoms with Gasteiger partial charge in [0.15, 0.2) is 0 Å². The Labute approximate surface area is 118 Å². The van der Waals surface area contributed by atoms with Crippen molar-refractivity contribution in [1.29, 1.82) is 0 Å². The van der Waals surface area contributed by atoms with E-state index in [1.807, 2.05) is 54.6 Å². The standard InChI is InChI=1S/C18H14O2/c19-18(20)17-12-16(17)15-10-8-14(9-11-15)7-6-13-4-2-1-3-5-13/h1-5,8-11,16-17H,12H2,(H,19,20)/t16-,17+/m0/s1. The Morgan fingerprint density at radius 1 is 0.950 bits per heavy atom. The molecule has 1 fully saturated rings. The van der Waals surface area contributed by atoms with Crippen molar-refractivity contribution in [2.24, 2.45) is 5.92 Å². The summed E-state index contributed by atoms with van der Waals surface area (Å²) in [7, 11) is 0. The molecule has 3 rings (SSSR count). The van der Waals surface area contributed by atoms with E-state index in [-0.39, 0.29) is 11.8 Å². The summed E-state index contributed by atoms with van der Waals surface area (Å²) >= 11 is 0. The molecule has 0 unspecified atom stereocenters. The molecule has 0 amide bonds. The molecule has 2 nitrogen and oxygen atoms in total. The van der Waals surface area contributed by atoms with Crippen molar-refractivity contribution in [3.63, 3.8) is 0 Å². The summed E-state index contributed by atoms with van der Waals surface area (Å²) in [6.45, 7) is 0. The minimum atomic E-state index is -0.692. The number of benzene rings is 2. The molecule has 1 saturated carbocycles. The molecule has 20 heavy (non-hydrogen) atoms. The van der Waals surface area contributed by atoms with Gasteiger partial charge in [-0.2, -0.15) is 0 Å². The number of aliphatic carboxylic acids is 1. The number of rotatable bonds is 2. The van der Waals surface area contributed by atoms with Gasteiger partial charge in [-0.15, -0.1) is 0 Å². The van der Waals surface area contributed by atoms with E-state index in [1.165, 1.54) is 0 Å². The monoisotopic (exact) mass is 262 g/mol. The van der Waals surface area contributed by atoms with Gasteiger partial charge in [-0.3, -0.25) is 4.79 Å². The topological polar surface area (TPSA) is 37.3 Å². The Balaban J connectivity index is 1.72. The van der Waals surface area contributed by atoms with E-state index in [4.69, 9.17) is 5.11 Å². The molecule has 1 aliphatic carbocycles. The zero-order chi connectivity index (χ0) is 13.9. The third-order valence-electron chi connectivity index (χ3n) is 3.57. The molecule has 0 saturated heterocycles. The molecule has 0 radical (unpaired) electrons. The predicted molar refractivity (Wildman–Crippen MR) is 77.3 cm³/mol. The van der Waals surface area contributed by atoms with E-state index in [1.54, 1.807) is 0 Å². The number of carboxylic acids is 1. The van der Waals surface area contributed by atoms with Gasteiger partial charge >= 0.3 is 5.97 Å². The van der Waals surface area contributed by atoms with Gasteiger partial charge in [0, 0.05) is 11.1 Å². The van der Waals surface area contributed by atoms with Crippen molar-refractivity contribution in [3.8, 4) is 11.8 Å². The van der Waals surface area contributed by atoms with E-state index in [0.717, 1.165) is 23.1 Å². The van der Waals surface area contributed by atoms with Crippen LogP contribution in [0, 0.1) is 17.8 Å². The first kappa shape index (κ1) is 12.5. The Bertz CT molecular complexity index is 675. The Hall–Kier alpha value is -2.53. The van der Waals surface area contributed by atoms with Crippen molar-refractivity contribution in [2.45, 2.75) is 12.3 Å². The van der Waals surface area contributed by atoms with Crippen LogP contribution < -0.4 is 0 Å². The van der Waals surface area contributed by atoms with Crippen LogP contribution in [-0.2, 0) is 4.79 Å². The quantitative estimate of drug-likeness (QED) is 0.843. The van der Waals surface area contributed by atoms with Crippen LogP contribution in [0.3, 0.4) is 0 Å². The fraction of sp³-hybridized carbons (Fsp3) is 0.167. The molecule has 2 aromatic carbocycles. The largest absolute Gasteiger partial charge is 0.481 e. The van der Waals surface area contributed by atoms with Gasteiger partial charge in [0.25, 0.3) is 0 Å². The lowest BCUT2D eigenvalue weighted by Crippen LogP contribution is -1.98. The van der Waals surface area contributed by atoms with Gasteiger partial charge in [-0.05, 0) is 42.2 Å². The molecule has 0 heterocycles. The second-order valence-electron chi connectivity index (χ2n) is 5.02. The molecule has 0 aromatic heterocycles. The fourth-order valence-electron chi connectivity index (χ4n) is 2.32. The van der Waals surface area contributed by atoms with Gasteiger partial charge in [-0.25, -0.2) is 0 Å². The zero-order valence-electron chi connectivity index (χ0n) is 10.9. The number of hydrogen-bond donors (Lipinski definition) is 1. The van der Waals surface area contributed by atoms with Crippen LogP contribution in [0.25, 0.3) is 0 Å². The van der Waals surface area contributed by atoms with Crippen LogP contribution in [0.5, 0.6) is 0 Å². The SMILES string of the molecule is O=C(O)[C@@H]1C[C@H]1c1ccc(C#Cc2ccccc2)cc1. The third kappa shape index (κ3) is 2.73. The van der Waals surface area contributed by atoms with Crippen molar-refractivity contribution in [1.82, 2.24) is 0 Å². The first-order valence-corrected chi connectivity index (χ1v) is 6.64. The number of hydrogen-bond acceptors (Lipinski definition) is 1. The van der Waals surface area contributed by atoms with Crippen LogP contribution >= 0.6 is 0 Å². The predicted octanol–water partition coefficient (Wildman–Crippen LogP) is 3.27. The molecule has 0 bridgehead atoms. The van der Waals surface area contributed by atoms with Crippen LogP contribution in [0.2, 0.25) is 0 Å². The lowest BCUT2D eigenvalue weighted by Gasteiger charge is -1.98. The van der Waals surface area contributed by atoms with E-state index in [2.05, 4.69) is 11.8 Å². The Kier molecular flexibility index (Phi) is 3.26. The molecule has 2 heteroatoms. The highest BCUT2D eigenvalue weighted by Gasteiger charge is 2.43. The van der Waals surface area contributed by atoms with Crippen LogP contribution in [-0.4, -0.2) is 11.1 Å². The summed E-state index contributed by atoms with van der Waals surface area (Å²) in [4.78, 5) is 10.8. The Morgan fingerprint density at radius 2 is 1.55 bits per heavy atom. The summed E-state index contributed by atoms with van der Waals surface area (Å²) in [5.74, 6) is 5.52. The van der Waals surface area contributed by atoms with Crippen LogP contribution in [0.15, 0.2) is 54.6 Å². The highest BCUT2D eigenvalue weighted by atomic mass is 16.4. The van der Waals surface area contributed by atoms with Crippen molar-refractivity contribution < 1.29 is 9.90 Å². The number of carboxylic acid groups (broad SMARTS) is 1. The van der Waals surface area contributed by atoms with Gasteiger partial charge in [0.1, 0.15) is 0 Å². The summed E-state index contributed by atoms with van der Waals surface area (Å²) in [6.07, 6.45) is 0.754. The average molecular weight is 262 g/mol. The van der Waals surface area contributed by atoms with Crippen LogP contribution in [0.1, 0.15) is 29.0 Å². The summed E-state index contributed by atoms with van der Waals surface area (Å²) in [5.41, 5.74) is 3.04. The lowest BCUT2D eigenvalue weighted by molar-refractivity contribution is -0.138. The molecule has 0 spiro atoms. The van der Waals surface area contributed by atoms with Gasteiger partial charge in [0.2, 0.25) is 0 Å². The first-order chi connectivity index (χ1) is 9.74. The van der Waals surface area contributed by atoms with E-state index in [0.29, 0.717) is 0 Å². The summed E-state index contributed by atoms with van der Waals surface area (Å²) in [6, 6.07) is 17.7. The van der Waals surface area contributed by atoms with Gasteiger partial charge in [0.05, 0.1) is 5.92 Å². The van der Waals surface area contributed by atoms with E-state index >= 15 is 0 Å². The Morgan fingerprint density at radius 3 is 2.10 bits per heavy atom. The third-order valence-corrected chi connectivity index (χ3v) is 3.57. The molecule has 98 valence electrons. The fourth-order valence-corrected chi connectivity index (χ4v) is 2.32. The molecule has 0 aliphatic heterocycles. The number of carbonyl (C=O) groups is 1. The second kappa shape index (κ2) is 5.22. The second-order valence-corrected chi connectivity index (χ2v) is 5.02. The molecule has 2 atom stereocenters. The molecule has 1 N–H and O–H groups in total. The average Bonchev–Trinajstić information content (AvgIpc) is 3.27. The van der Waals surface area contributed by atoms with Crippen molar-refractivity contribution >= 4 is 5.97 Å². The van der Waals surface area contributed by atoms with Crippen molar-refractivity contribution in [2.75, 3.05) is 0 Å². The lowest BCUT2D eigenvalue weighted by atomic mass is 10.1. The maximum atomic E-state index is 10.8. The zero-order valence-corrected chi connectivity index (χ0v) is 10.9. The minimum Gasteiger partial charge on any atom is -0.481 e. The van der Waals surface area contributed by atoms with Crippen LogP contribution in [0.4, 0.5) is 0 Å². The summed E-state index contributed by atoms with van der Waals surface area (Å²) in [5, 5.41) is 8.93. The maximum Gasteiger partial charge on any atom is 0.307 e. The van der Waals surface area contributed by atoms with Gasteiger partial charge < -0.3 is 5.11 Å². The smallest absolute Gasteiger partial charge is 0.307 e. The molecule has 2 aromatic rings. The van der Waals surface area contributed by atoms with Gasteiger partial charge in [-0.1, -0.05) is 42.2 Å². The molecular formula is C18H14O2.